The largest absolute Gasteiger partial charge is 0.348 e. The van der Waals surface area contributed by atoms with E-state index in [4.69, 9.17) is 0 Å². The van der Waals surface area contributed by atoms with E-state index in [0.717, 1.165) is 23.2 Å². The Bertz CT molecular complexity index is 672. The summed E-state index contributed by atoms with van der Waals surface area (Å²) in [6.45, 7) is 10.2. The smallest absolute Gasteiger partial charge is 0.272 e. The summed E-state index contributed by atoms with van der Waals surface area (Å²) in [4.78, 5) is 12.0. The molecular weight excluding hydrogens is 288 g/mol. The summed E-state index contributed by atoms with van der Waals surface area (Å²) in [5.41, 5.74) is 4.90. The third-order valence-corrected chi connectivity index (χ3v) is 3.82. The molecule has 0 saturated carbocycles. The van der Waals surface area contributed by atoms with Gasteiger partial charge in [-0.05, 0) is 57.4 Å². The first-order chi connectivity index (χ1) is 10.9. The van der Waals surface area contributed by atoms with Gasteiger partial charge in [0.05, 0.1) is 0 Å². The molecule has 0 aliphatic heterocycles. The molecule has 0 radical (unpaired) electrons. The fraction of sp³-hybridized carbons (Fsp3) is 0.389. The molecule has 1 atom stereocenters. The number of hydrogen-bond acceptors (Lipinski definition) is 4. The number of carbonyl (C=O) groups is 1. The van der Waals surface area contributed by atoms with Crippen molar-refractivity contribution in [1.29, 1.82) is 0 Å². The minimum atomic E-state index is -0.193. The molecule has 2 rings (SSSR count). The molecule has 5 heteroatoms. The van der Waals surface area contributed by atoms with Crippen molar-refractivity contribution in [2.75, 3.05) is 5.32 Å². The molecule has 0 fully saturated rings. The molecule has 0 bridgehead atoms. The summed E-state index contributed by atoms with van der Waals surface area (Å²) >= 11 is 0. The zero-order valence-electron chi connectivity index (χ0n) is 14.4. The van der Waals surface area contributed by atoms with E-state index in [2.05, 4.69) is 53.7 Å². The van der Waals surface area contributed by atoms with Crippen LogP contribution < -0.4 is 10.6 Å². The summed E-state index contributed by atoms with van der Waals surface area (Å²) in [6, 6.07) is 7.83. The Morgan fingerprint density at radius 3 is 2.30 bits per heavy atom. The number of hydrogen-bond donors (Lipinski definition) is 2. The lowest BCUT2D eigenvalue weighted by Crippen LogP contribution is -2.32. The van der Waals surface area contributed by atoms with E-state index in [1.54, 1.807) is 12.1 Å². The quantitative estimate of drug-likeness (QED) is 0.884. The van der Waals surface area contributed by atoms with E-state index < -0.39 is 0 Å². The highest BCUT2D eigenvalue weighted by Crippen LogP contribution is 2.24. The Balaban J connectivity index is 2.13. The van der Waals surface area contributed by atoms with Crippen LogP contribution in [-0.2, 0) is 0 Å². The van der Waals surface area contributed by atoms with Gasteiger partial charge in [-0.15, -0.1) is 10.2 Å². The third kappa shape index (κ3) is 4.28. The molecule has 1 aromatic heterocycles. The zero-order chi connectivity index (χ0) is 17.0. The van der Waals surface area contributed by atoms with Crippen molar-refractivity contribution in [2.24, 2.45) is 0 Å². The third-order valence-electron chi connectivity index (χ3n) is 3.82. The summed E-state index contributed by atoms with van der Waals surface area (Å²) in [7, 11) is 0. The minimum Gasteiger partial charge on any atom is -0.348 e. The summed E-state index contributed by atoms with van der Waals surface area (Å²) in [5, 5.41) is 14.3. The van der Waals surface area contributed by atoms with Crippen molar-refractivity contribution in [1.82, 2.24) is 15.5 Å². The maximum absolute atomic E-state index is 12.0. The molecule has 1 heterocycles. The van der Waals surface area contributed by atoms with Gasteiger partial charge in [0.2, 0.25) is 0 Å². The van der Waals surface area contributed by atoms with Crippen molar-refractivity contribution in [3.8, 4) is 0 Å². The van der Waals surface area contributed by atoms with Crippen LogP contribution in [0.2, 0.25) is 0 Å². The first kappa shape index (κ1) is 16.9. The molecular formula is C18H24N4O. The van der Waals surface area contributed by atoms with Crippen LogP contribution >= 0.6 is 0 Å². The molecule has 23 heavy (non-hydrogen) atoms. The average molecular weight is 312 g/mol. The van der Waals surface area contributed by atoms with Gasteiger partial charge in [-0.2, -0.15) is 0 Å². The van der Waals surface area contributed by atoms with Gasteiger partial charge in [0.25, 0.3) is 5.91 Å². The van der Waals surface area contributed by atoms with Crippen LogP contribution in [0.4, 0.5) is 11.5 Å². The van der Waals surface area contributed by atoms with E-state index >= 15 is 0 Å². The van der Waals surface area contributed by atoms with Crippen molar-refractivity contribution in [2.45, 2.75) is 47.1 Å². The second-order valence-electron chi connectivity index (χ2n) is 5.99. The summed E-state index contributed by atoms with van der Waals surface area (Å²) in [6.07, 6.45) is 0.880. The van der Waals surface area contributed by atoms with Gasteiger partial charge < -0.3 is 10.6 Å². The van der Waals surface area contributed by atoms with E-state index in [0.29, 0.717) is 11.5 Å². The standard InChI is InChI=1S/C18H24N4O/c1-6-14(5)19-18(23)15-7-8-16(22-21-15)20-17-12(3)9-11(2)10-13(17)4/h7-10,14H,6H2,1-5H3,(H,19,23)(H,20,22). The predicted molar refractivity (Wildman–Crippen MR) is 93.2 cm³/mol. The Kier molecular flexibility index (Phi) is 5.32. The molecule has 5 nitrogen and oxygen atoms in total. The van der Waals surface area contributed by atoms with Gasteiger partial charge in [-0.1, -0.05) is 24.6 Å². The number of amides is 1. The van der Waals surface area contributed by atoms with Crippen molar-refractivity contribution >= 4 is 17.4 Å². The molecule has 0 aliphatic rings. The van der Waals surface area contributed by atoms with Crippen molar-refractivity contribution < 1.29 is 4.79 Å². The fourth-order valence-corrected chi connectivity index (χ4v) is 2.43. The van der Waals surface area contributed by atoms with E-state index in [-0.39, 0.29) is 11.9 Å². The fourth-order valence-electron chi connectivity index (χ4n) is 2.43. The highest BCUT2D eigenvalue weighted by molar-refractivity contribution is 5.92. The van der Waals surface area contributed by atoms with Gasteiger partial charge in [0.1, 0.15) is 0 Å². The molecule has 122 valence electrons. The highest BCUT2D eigenvalue weighted by atomic mass is 16.2. The average Bonchev–Trinajstić information content (AvgIpc) is 2.51. The second-order valence-corrected chi connectivity index (χ2v) is 5.99. The van der Waals surface area contributed by atoms with Crippen LogP contribution in [0, 0.1) is 20.8 Å². The number of rotatable bonds is 5. The van der Waals surface area contributed by atoms with E-state index in [9.17, 15) is 4.79 Å². The Hall–Kier alpha value is -2.43. The maximum atomic E-state index is 12.0. The van der Waals surface area contributed by atoms with Crippen LogP contribution in [0.5, 0.6) is 0 Å². The van der Waals surface area contributed by atoms with Crippen LogP contribution in [-0.4, -0.2) is 22.1 Å². The number of nitrogens with one attached hydrogen (secondary N) is 2. The second kappa shape index (κ2) is 7.22. The lowest BCUT2D eigenvalue weighted by molar-refractivity contribution is 0.0933. The van der Waals surface area contributed by atoms with Crippen LogP contribution in [0.3, 0.4) is 0 Å². The number of nitrogens with zero attached hydrogens (tertiary/aromatic N) is 2. The molecule has 1 amide bonds. The lowest BCUT2D eigenvalue weighted by Gasteiger charge is -2.13. The number of anilines is 2. The first-order valence-corrected chi connectivity index (χ1v) is 7.90. The molecule has 1 unspecified atom stereocenters. The van der Waals surface area contributed by atoms with Crippen LogP contribution in [0.15, 0.2) is 24.3 Å². The summed E-state index contributed by atoms with van der Waals surface area (Å²) < 4.78 is 0. The van der Waals surface area contributed by atoms with Gasteiger partial charge in [-0.3, -0.25) is 4.79 Å². The molecule has 1 aromatic carbocycles. The SMILES string of the molecule is CCC(C)NC(=O)c1ccc(Nc2c(C)cc(C)cc2C)nn1. The molecule has 2 N–H and O–H groups in total. The number of aryl methyl sites for hydroxylation is 3. The minimum absolute atomic E-state index is 0.125. The van der Waals surface area contributed by atoms with Gasteiger partial charge in [0, 0.05) is 11.7 Å². The Morgan fingerprint density at radius 2 is 1.78 bits per heavy atom. The number of aromatic nitrogens is 2. The molecule has 0 spiro atoms. The zero-order valence-corrected chi connectivity index (χ0v) is 14.4. The summed E-state index contributed by atoms with van der Waals surface area (Å²) in [5.74, 6) is 0.432. The van der Waals surface area contributed by atoms with Crippen molar-refractivity contribution in [3.05, 3.63) is 46.6 Å². The van der Waals surface area contributed by atoms with Crippen LogP contribution in [0.25, 0.3) is 0 Å². The number of benzene rings is 1. The van der Waals surface area contributed by atoms with Gasteiger partial charge in [0.15, 0.2) is 11.5 Å². The molecule has 0 aliphatic carbocycles. The van der Waals surface area contributed by atoms with E-state index in [1.807, 2.05) is 13.8 Å². The normalized spacial score (nSPS) is 11.9. The first-order valence-electron chi connectivity index (χ1n) is 7.90. The van der Waals surface area contributed by atoms with Crippen molar-refractivity contribution in [3.63, 3.8) is 0 Å². The van der Waals surface area contributed by atoms with Gasteiger partial charge >= 0.3 is 0 Å². The lowest BCUT2D eigenvalue weighted by atomic mass is 10.1. The Morgan fingerprint density at radius 1 is 1.13 bits per heavy atom. The molecule has 0 saturated heterocycles. The van der Waals surface area contributed by atoms with Gasteiger partial charge in [-0.25, -0.2) is 0 Å². The Labute approximate surface area is 137 Å². The topological polar surface area (TPSA) is 66.9 Å². The molecule has 2 aromatic rings. The predicted octanol–water partition coefficient (Wildman–Crippen LogP) is 3.67. The highest BCUT2D eigenvalue weighted by Gasteiger charge is 2.11. The number of carbonyl (C=O) groups excluding carboxylic acids is 1. The van der Waals surface area contributed by atoms with E-state index in [1.165, 1.54) is 5.56 Å². The maximum Gasteiger partial charge on any atom is 0.272 e. The monoisotopic (exact) mass is 312 g/mol. The van der Waals surface area contributed by atoms with Crippen LogP contribution in [0.1, 0.15) is 47.4 Å².